The molecule has 2 nitrogen and oxygen atoms in total. The van der Waals surface area contributed by atoms with Gasteiger partial charge in [0.25, 0.3) is 0 Å². The average Bonchev–Trinajstić information content (AvgIpc) is 3.23. The summed E-state index contributed by atoms with van der Waals surface area (Å²) in [6.07, 6.45) is 0.225. The van der Waals surface area contributed by atoms with E-state index in [0.29, 0.717) is 0 Å². The first-order valence-electron chi connectivity index (χ1n) is 15.2. The first kappa shape index (κ1) is 26.7. The fraction of sp³-hybridized carbons (Fsp3) is 0.211. The third-order valence-corrected chi connectivity index (χ3v) is 10.1. The molecule has 0 spiro atoms. The standard InChI is InChI=1S/C38H38B2N2/c1-24-14-12-15-25(2)36(24)39-30-18-8-9-19-31(30)40(37-26(3)16-13-17-27(37)4)38-28(5)33(23-22-32(38)39)42-29(6)41(7)34-20-10-11-21-35(34)42/h8-23,29H,1-7H3/t29-/m0/s1. The van der Waals surface area contributed by atoms with Crippen LogP contribution in [-0.4, -0.2) is 26.6 Å². The van der Waals surface area contributed by atoms with E-state index in [-0.39, 0.29) is 19.6 Å². The third kappa shape index (κ3) is 3.81. The van der Waals surface area contributed by atoms with E-state index in [2.05, 4.69) is 155 Å². The molecule has 0 aromatic heterocycles. The molecule has 0 radical (unpaired) electrons. The van der Waals surface area contributed by atoms with Gasteiger partial charge in [-0.2, -0.15) is 0 Å². The van der Waals surface area contributed by atoms with Gasteiger partial charge in [0.15, 0.2) is 0 Å². The quantitative estimate of drug-likeness (QED) is 0.303. The maximum Gasteiger partial charge on any atom is 0.241 e. The minimum Gasteiger partial charge on any atom is -0.353 e. The molecule has 0 unspecified atom stereocenters. The van der Waals surface area contributed by atoms with E-state index >= 15 is 0 Å². The van der Waals surface area contributed by atoms with Crippen molar-refractivity contribution in [2.24, 2.45) is 0 Å². The fourth-order valence-electron chi connectivity index (χ4n) is 8.04. The average molecular weight is 544 g/mol. The Balaban J connectivity index is 1.57. The number of rotatable bonds is 3. The Morgan fingerprint density at radius 1 is 0.476 bits per heavy atom. The molecular weight excluding hydrogens is 506 g/mol. The Kier molecular flexibility index (Phi) is 6.35. The van der Waals surface area contributed by atoms with Crippen molar-refractivity contribution >= 4 is 63.3 Å². The molecule has 0 bridgehead atoms. The molecule has 0 saturated heterocycles. The van der Waals surface area contributed by atoms with Crippen molar-refractivity contribution in [1.29, 1.82) is 0 Å². The minimum absolute atomic E-state index is 0.170. The number of fused-ring (bicyclic) bond motifs is 3. The molecular formula is C38H38B2N2. The van der Waals surface area contributed by atoms with Crippen molar-refractivity contribution < 1.29 is 0 Å². The molecule has 7 rings (SSSR count). The number of nitrogens with zero attached hydrogens (tertiary/aromatic N) is 2. The van der Waals surface area contributed by atoms with Crippen molar-refractivity contribution in [3.8, 4) is 0 Å². The van der Waals surface area contributed by atoms with E-state index in [1.54, 1.807) is 0 Å². The van der Waals surface area contributed by atoms with Crippen LogP contribution in [0.15, 0.2) is 97.1 Å². The maximum absolute atomic E-state index is 2.54. The van der Waals surface area contributed by atoms with Crippen LogP contribution in [0.2, 0.25) is 0 Å². The van der Waals surface area contributed by atoms with Gasteiger partial charge in [-0.25, -0.2) is 0 Å². The van der Waals surface area contributed by atoms with Gasteiger partial charge in [-0.3, -0.25) is 0 Å². The third-order valence-electron chi connectivity index (χ3n) is 10.1. The van der Waals surface area contributed by atoms with E-state index in [9.17, 15) is 0 Å². The van der Waals surface area contributed by atoms with Crippen LogP contribution in [0, 0.1) is 34.6 Å². The van der Waals surface area contributed by atoms with Crippen LogP contribution < -0.4 is 42.6 Å². The summed E-state index contributed by atoms with van der Waals surface area (Å²) in [4.78, 5) is 4.94. The van der Waals surface area contributed by atoms with Gasteiger partial charge in [-0.05, 0) is 65.3 Å². The summed E-state index contributed by atoms with van der Waals surface area (Å²) in [7, 11) is 2.21. The highest BCUT2D eigenvalue weighted by atomic mass is 15.4. The number of para-hydroxylation sites is 2. The second-order valence-corrected chi connectivity index (χ2v) is 12.4. The van der Waals surface area contributed by atoms with Gasteiger partial charge in [0.2, 0.25) is 13.4 Å². The normalized spacial score (nSPS) is 15.5. The van der Waals surface area contributed by atoms with Gasteiger partial charge in [0, 0.05) is 12.7 Å². The van der Waals surface area contributed by atoms with Crippen LogP contribution in [0.25, 0.3) is 0 Å². The fourth-order valence-corrected chi connectivity index (χ4v) is 8.04. The highest BCUT2D eigenvalue weighted by Crippen LogP contribution is 2.43. The molecule has 2 aliphatic heterocycles. The molecule has 0 N–H and O–H groups in total. The Bertz CT molecular complexity index is 1820. The molecule has 2 heterocycles. The number of benzene rings is 5. The van der Waals surface area contributed by atoms with Crippen molar-refractivity contribution in [1.82, 2.24) is 0 Å². The van der Waals surface area contributed by atoms with Gasteiger partial charge in [-0.15, -0.1) is 0 Å². The van der Waals surface area contributed by atoms with Crippen molar-refractivity contribution in [3.05, 3.63) is 125 Å². The van der Waals surface area contributed by atoms with Crippen LogP contribution in [0.1, 0.15) is 34.7 Å². The lowest BCUT2D eigenvalue weighted by molar-refractivity contribution is 0.733. The van der Waals surface area contributed by atoms with E-state index in [4.69, 9.17) is 0 Å². The molecule has 0 fully saturated rings. The molecule has 42 heavy (non-hydrogen) atoms. The van der Waals surface area contributed by atoms with Crippen LogP contribution in [0.3, 0.4) is 0 Å². The van der Waals surface area contributed by atoms with Gasteiger partial charge in [-0.1, -0.05) is 134 Å². The smallest absolute Gasteiger partial charge is 0.241 e. The number of hydrogen-bond acceptors (Lipinski definition) is 2. The van der Waals surface area contributed by atoms with Crippen LogP contribution >= 0.6 is 0 Å². The lowest BCUT2D eigenvalue weighted by Crippen LogP contribution is -2.76. The first-order chi connectivity index (χ1) is 20.3. The lowest BCUT2D eigenvalue weighted by Gasteiger charge is -2.37. The summed E-state index contributed by atoms with van der Waals surface area (Å²) in [6, 6.07) is 36.4. The van der Waals surface area contributed by atoms with E-state index in [1.165, 1.54) is 77.7 Å². The SMILES string of the molecule is Cc1cccc(C)c1B1c2ccccc2B(c2c(C)cccc2C)c2c1ccc(N1c3ccccc3N(C)[C@@H]1C)c2C. The predicted octanol–water partition coefficient (Wildman–Crippen LogP) is 4.51. The summed E-state index contributed by atoms with van der Waals surface area (Å²) in [5, 5.41) is 0. The van der Waals surface area contributed by atoms with Crippen LogP contribution in [0.4, 0.5) is 17.1 Å². The highest BCUT2D eigenvalue weighted by molar-refractivity contribution is 7.11. The predicted molar refractivity (Wildman–Crippen MR) is 185 cm³/mol. The molecule has 5 aromatic carbocycles. The van der Waals surface area contributed by atoms with Gasteiger partial charge in [0.1, 0.15) is 6.17 Å². The topological polar surface area (TPSA) is 6.48 Å². The minimum atomic E-state index is 0.170. The second kappa shape index (κ2) is 9.98. The summed E-state index contributed by atoms with van der Waals surface area (Å²) in [5.74, 6) is 0. The summed E-state index contributed by atoms with van der Waals surface area (Å²) in [6.45, 7) is 14.2. The Labute approximate surface area is 252 Å². The molecule has 4 heteroatoms. The molecule has 206 valence electrons. The Morgan fingerprint density at radius 2 is 0.976 bits per heavy atom. The van der Waals surface area contributed by atoms with E-state index < -0.39 is 0 Å². The van der Waals surface area contributed by atoms with E-state index in [0.717, 1.165) is 0 Å². The number of hydrogen-bond donors (Lipinski definition) is 0. The number of anilines is 3. The Hall–Kier alpha value is -4.17. The van der Waals surface area contributed by atoms with Crippen LogP contribution in [0.5, 0.6) is 0 Å². The Morgan fingerprint density at radius 3 is 1.57 bits per heavy atom. The summed E-state index contributed by atoms with van der Waals surface area (Å²) >= 11 is 0. The van der Waals surface area contributed by atoms with Crippen molar-refractivity contribution in [2.75, 3.05) is 16.8 Å². The molecule has 0 amide bonds. The second-order valence-electron chi connectivity index (χ2n) is 12.4. The molecule has 0 aliphatic carbocycles. The molecule has 0 saturated carbocycles. The zero-order valence-corrected chi connectivity index (χ0v) is 25.9. The summed E-state index contributed by atoms with van der Waals surface area (Å²) in [5.41, 5.74) is 19.3. The lowest BCUT2D eigenvalue weighted by atomic mass is 9.20. The summed E-state index contributed by atoms with van der Waals surface area (Å²) < 4.78 is 0. The van der Waals surface area contributed by atoms with Gasteiger partial charge < -0.3 is 9.80 Å². The largest absolute Gasteiger partial charge is 0.353 e. The first-order valence-corrected chi connectivity index (χ1v) is 15.2. The molecule has 5 aromatic rings. The highest BCUT2D eigenvalue weighted by Gasteiger charge is 2.42. The van der Waals surface area contributed by atoms with Crippen LogP contribution in [-0.2, 0) is 0 Å². The van der Waals surface area contributed by atoms with Gasteiger partial charge >= 0.3 is 0 Å². The van der Waals surface area contributed by atoms with Crippen molar-refractivity contribution in [2.45, 2.75) is 47.7 Å². The van der Waals surface area contributed by atoms with E-state index in [1.807, 2.05) is 0 Å². The molecule has 2 aliphatic rings. The monoisotopic (exact) mass is 544 g/mol. The maximum atomic E-state index is 2.54. The molecule has 1 atom stereocenters. The zero-order valence-electron chi connectivity index (χ0n) is 25.9. The number of aryl methyl sites for hydroxylation is 4. The van der Waals surface area contributed by atoms with Crippen molar-refractivity contribution in [3.63, 3.8) is 0 Å². The zero-order chi connectivity index (χ0) is 29.3. The van der Waals surface area contributed by atoms with Gasteiger partial charge in [0.05, 0.1) is 11.4 Å².